The first kappa shape index (κ1) is 18.5. The topological polar surface area (TPSA) is 29.9 Å². The Hall–Kier alpha value is -2.31. The van der Waals surface area contributed by atoms with Crippen LogP contribution >= 0.6 is 11.6 Å². The summed E-state index contributed by atoms with van der Waals surface area (Å²) in [6, 6.07) is 13.0. The van der Waals surface area contributed by atoms with E-state index < -0.39 is 11.7 Å². The average molecular weight is 380 g/mol. The highest BCUT2D eigenvalue weighted by molar-refractivity contribution is 6.29. The fraction of sp³-hybridized carbons (Fsp3) is 0.211. The average Bonchev–Trinajstić information content (AvgIpc) is 3.04. The van der Waals surface area contributed by atoms with Crippen LogP contribution in [0.5, 0.6) is 0 Å². The van der Waals surface area contributed by atoms with Crippen LogP contribution in [0, 0.1) is 0 Å². The number of halogens is 4. The maximum absolute atomic E-state index is 12.6. The van der Waals surface area contributed by atoms with E-state index in [-0.39, 0.29) is 0 Å². The van der Waals surface area contributed by atoms with Gasteiger partial charge in [0.15, 0.2) is 0 Å². The summed E-state index contributed by atoms with van der Waals surface area (Å²) >= 11 is 5.76. The van der Waals surface area contributed by atoms with Gasteiger partial charge >= 0.3 is 6.18 Å². The quantitative estimate of drug-likeness (QED) is 0.610. The molecular weight excluding hydrogens is 363 g/mol. The molecule has 3 aromatic rings. The second kappa shape index (κ2) is 7.93. The van der Waals surface area contributed by atoms with Gasteiger partial charge in [-0.15, -0.1) is 0 Å². The molecule has 0 atom stereocenters. The molecule has 7 heteroatoms. The summed E-state index contributed by atoms with van der Waals surface area (Å²) in [6.07, 6.45) is -0.860. The number of rotatable bonds is 6. The summed E-state index contributed by atoms with van der Waals surface area (Å²) in [5.41, 5.74) is 2.11. The van der Waals surface area contributed by atoms with Crippen LogP contribution < -0.4 is 5.32 Å². The van der Waals surface area contributed by atoms with Crippen molar-refractivity contribution in [3.8, 4) is 11.1 Å². The van der Waals surface area contributed by atoms with E-state index in [4.69, 9.17) is 11.6 Å². The third kappa shape index (κ3) is 4.86. The Balaban J connectivity index is 1.53. The molecule has 1 heterocycles. The molecule has 0 saturated heterocycles. The first-order chi connectivity index (χ1) is 12.4. The molecule has 0 aliphatic carbocycles. The first-order valence-electron chi connectivity index (χ1n) is 8.06. The highest BCUT2D eigenvalue weighted by Gasteiger charge is 2.29. The minimum absolute atomic E-state index is 0.476. The molecule has 0 spiro atoms. The number of nitrogens with one attached hydrogen (secondary N) is 1. The summed E-state index contributed by atoms with van der Waals surface area (Å²) in [7, 11) is 0. The molecule has 0 aliphatic rings. The number of alkyl halides is 3. The van der Waals surface area contributed by atoms with Crippen LogP contribution in [-0.4, -0.2) is 16.1 Å². The van der Waals surface area contributed by atoms with E-state index in [2.05, 4.69) is 10.3 Å². The van der Waals surface area contributed by atoms with Gasteiger partial charge in [0.1, 0.15) is 5.15 Å². The van der Waals surface area contributed by atoms with Crippen molar-refractivity contribution in [3.05, 3.63) is 77.3 Å². The van der Waals surface area contributed by atoms with Gasteiger partial charge in [0.2, 0.25) is 0 Å². The predicted molar refractivity (Wildman–Crippen MR) is 95.8 cm³/mol. The van der Waals surface area contributed by atoms with E-state index in [0.29, 0.717) is 11.7 Å². The molecular formula is C19H17ClF3N3. The molecule has 3 nitrogen and oxygen atoms in total. The summed E-state index contributed by atoms with van der Waals surface area (Å²) in [5, 5.41) is 3.80. The van der Waals surface area contributed by atoms with Crippen LogP contribution in [0.3, 0.4) is 0 Å². The zero-order valence-electron chi connectivity index (χ0n) is 13.8. The summed E-state index contributed by atoms with van der Waals surface area (Å²) in [6.45, 7) is 2.24. The second-order valence-electron chi connectivity index (χ2n) is 5.88. The van der Waals surface area contributed by atoms with E-state index in [9.17, 15) is 13.2 Å². The van der Waals surface area contributed by atoms with Gasteiger partial charge in [-0.2, -0.15) is 13.2 Å². The van der Waals surface area contributed by atoms with Crippen LogP contribution in [0.4, 0.5) is 13.2 Å². The lowest BCUT2D eigenvalue weighted by atomic mass is 10.0. The minimum Gasteiger partial charge on any atom is -0.335 e. The normalized spacial score (nSPS) is 11.7. The molecule has 0 fully saturated rings. The van der Waals surface area contributed by atoms with Crippen LogP contribution in [0.25, 0.3) is 11.1 Å². The SMILES string of the molecule is FC(F)(F)c1ccc(-c2ccc(CNCCn3cnc(Cl)c3)cc2)cc1. The fourth-order valence-electron chi connectivity index (χ4n) is 2.56. The lowest BCUT2D eigenvalue weighted by Gasteiger charge is -2.09. The number of imidazole rings is 1. The van der Waals surface area contributed by atoms with Crippen molar-refractivity contribution in [2.24, 2.45) is 0 Å². The molecule has 3 rings (SSSR count). The molecule has 1 N–H and O–H groups in total. The molecule has 26 heavy (non-hydrogen) atoms. The van der Waals surface area contributed by atoms with E-state index in [1.54, 1.807) is 12.5 Å². The Morgan fingerprint density at radius 1 is 0.962 bits per heavy atom. The molecule has 0 unspecified atom stereocenters. The lowest BCUT2D eigenvalue weighted by Crippen LogP contribution is -2.18. The van der Waals surface area contributed by atoms with Crippen molar-refractivity contribution in [2.45, 2.75) is 19.3 Å². The zero-order chi connectivity index (χ0) is 18.6. The molecule has 136 valence electrons. The number of hydrogen-bond acceptors (Lipinski definition) is 2. The molecule has 0 radical (unpaired) electrons. The highest BCUT2D eigenvalue weighted by atomic mass is 35.5. The highest BCUT2D eigenvalue weighted by Crippen LogP contribution is 2.31. The smallest absolute Gasteiger partial charge is 0.335 e. The second-order valence-corrected chi connectivity index (χ2v) is 6.27. The number of hydrogen-bond donors (Lipinski definition) is 1. The van der Waals surface area contributed by atoms with Gasteiger partial charge in [0.25, 0.3) is 0 Å². The van der Waals surface area contributed by atoms with Gasteiger partial charge in [0.05, 0.1) is 11.9 Å². The minimum atomic E-state index is -4.31. The maximum atomic E-state index is 12.6. The van der Waals surface area contributed by atoms with Gasteiger partial charge in [-0.05, 0) is 28.8 Å². The number of nitrogens with zero attached hydrogens (tertiary/aromatic N) is 2. The molecule has 0 amide bonds. The molecule has 0 aliphatic heterocycles. The van der Waals surface area contributed by atoms with E-state index in [1.165, 1.54) is 12.1 Å². The lowest BCUT2D eigenvalue weighted by molar-refractivity contribution is -0.137. The van der Waals surface area contributed by atoms with Gasteiger partial charge < -0.3 is 9.88 Å². The Labute approximate surface area is 154 Å². The predicted octanol–water partition coefficient (Wildman–Crippen LogP) is 5.01. The van der Waals surface area contributed by atoms with Gasteiger partial charge in [-0.1, -0.05) is 48.0 Å². The van der Waals surface area contributed by atoms with Crippen LogP contribution in [0.1, 0.15) is 11.1 Å². The zero-order valence-corrected chi connectivity index (χ0v) is 14.6. The summed E-state index contributed by atoms with van der Waals surface area (Å²) in [5.74, 6) is 0. The summed E-state index contributed by atoms with van der Waals surface area (Å²) in [4.78, 5) is 3.95. The fourth-order valence-corrected chi connectivity index (χ4v) is 2.73. The Kier molecular flexibility index (Phi) is 5.64. The van der Waals surface area contributed by atoms with Crippen molar-refractivity contribution in [2.75, 3.05) is 6.54 Å². The molecule has 2 aromatic carbocycles. The van der Waals surface area contributed by atoms with Crippen LogP contribution in [0.2, 0.25) is 5.15 Å². The Morgan fingerprint density at radius 2 is 1.58 bits per heavy atom. The van der Waals surface area contributed by atoms with Crippen molar-refractivity contribution >= 4 is 11.6 Å². The molecule has 1 aromatic heterocycles. The number of aromatic nitrogens is 2. The van der Waals surface area contributed by atoms with Crippen molar-refractivity contribution in [3.63, 3.8) is 0 Å². The monoisotopic (exact) mass is 379 g/mol. The van der Waals surface area contributed by atoms with E-state index >= 15 is 0 Å². The third-order valence-corrected chi connectivity index (χ3v) is 4.17. The van der Waals surface area contributed by atoms with Crippen molar-refractivity contribution in [1.82, 2.24) is 14.9 Å². The summed E-state index contributed by atoms with van der Waals surface area (Å²) < 4.78 is 39.7. The Bertz CT molecular complexity index is 840. The molecule has 0 bridgehead atoms. The Morgan fingerprint density at radius 3 is 2.12 bits per heavy atom. The first-order valence-corrected chi connectivity index (χ1v) is 8.44. The van der Waals surface area contributed by atoms with Crippen LogP contribution in [0.15, 0.2) is 61.1 Å². The van der Waals surface area contributed by atoms with Gasteiger partial charge in [-0.3, -0.25) is 0 Å². The van der Waals surface area contributed by atoms with Crippen molar-refractivity contribution < 1.29 is 13.2 Å². The van der Waals surface area contributed by atoms with Gasteiger partial charge in [0, 0.05) is 25.8 Å². The van der Waals surface area contributed by atoms with E-state index in [1.807, 2.05) is 28.8 Å². The molecule has 0 saturated carbocycles. The van der Waals surface area contributed by atoms with Crippen LogP contribution in [-0.2, 0) is 19.3 Å². The van der Waals surface area contributed by atoms with Crippen molar-refractivity contribution in [1.29, 1.82) is 0 Å². The standard InChI is InChI=1S/C19H17ClF3N3/c20-18-12-26(13-25-18)10-9-24-11-14-1-3-15(4-2-14)16-5-7-17(8-6-16)19(21,22)23/h1-8,12-13,24H,9-11H2. The maximum Gasteiger partial charge on any atom is 0.416 e. The third-order valence-electron chi connectivity index (χ3n) is 3.98. The van der Waals surface area contributed by atoms with Gasteiger partial charge in [-0.25, -0.2) is 4.98 Å². The largest absolute Gasteiger partial charge is 0.416 e. The van der Waals surface area contributed by atoms with E-state index in [0.717, 1.165) is 41.9 Å². The number of benzene rings is 2.